The van der Waals surface area contributed by atoms with Gasteiger partial charge in [0, 0.05) is 6.42 Å². The summed E-state index contributed by atoms with van der Waals surface area (Å²) in [6.45, 7) is 4.66. The van der Waals surface area contributed by atoms with Gasteiger partial charge in [0.25, 0.3) is 0 Å². The standard InChI is InChI=1S/C72H127N2O6P/c1-6-8-10-12-14-16-18-20-22-24-26-28-30-32-34-35-36-37-38-40-41-43-45-47-49-51-53-55-57-59-61-63-65-71(75)70(69-80-81(77,78)79-68-67-74(3,4)5)73-72(76)66-64-62-60-58-56-54-52-50-48-46-44-42-39-33-31-29-27-25-23-21-19-17-15-13-11-9-7-2/h9,11,15,17,21,23,27,29,33,39,44,46,50,52,55-58,63,65,70-71,75H,6-8,10,12-14,16,18-20,22,24-26,28,30-32,34-38,40-43,45,47-49,51,53-54,59-62,64,66-69H2,1-5H3,(H-,73,76,77,78)/p+1/b11-9-,17-15-,23-21-,29-27-,39-33-,46-44-,52-50-,57-55+,58-56-,65-63+. The Hall–Kier alpha value is -3.10. The van der Waals surface area contributed by atoms with Gasteiger partial charge in [-0.25, -0.2) is 4.57 Å². The minimum Gasteiger partial charge on any atom is -0.387 e. The maximum atomic E-state index is 13.0. The van der Waals surface area contributed by atoms with Gasteiger partial charge in [-0.2, -0.15) is 0 Å². The molecule has 8 nitrogen and oxygen atoms in total. The van der Waals surface area contributed by atoms with Gasteiger partial charge in [0.2, 0.25) is 5.91 Å². The fourth-order valence-electron chi connectivity index (χ4n) is 9.25. The van der Waals surface area contributed by atoms with Crippen LogP contribution in [0.25, 0.3) is 0 Å². The number of rotatable bonds is 60. The van der Waals surface area contributed by atoms with E-state index in [-0.39, 0.29) is 25.5 Å². The molecule has 3 atom stereocenters. The van der Waals surface area contributed by atoms with Gasteiger partial charge in [-0.1, -0.05) is 296 Å². The first-order chi connectivity index (χ1) is 39.5. The molecule has 0 spiro atoms. The highest BCUT2D eigenvalue weighted by atomic mass is 31.2. The maximum Gasteiger partial charge on any atom is 0.472 e. The van der Waals surface area contributed by atoms with E-state index in [1.54, 1.807) is 6.08 Å². The van der Waals surface area contributed by atoms with Crippen molar-refractivity contribution in [3.05, 3.63) is 122 Å². The van der Waals surface area contributed by atoms with Gasteiger partial charge in [-0.3, -0.25) is 13.8 Å². The number of phosphoric acid groups is 1. The Morgan fingerprint density at radius 1 is 0.432 bits per heavy atom. The molecule has 3 unspecified atom stereocenters. The lowest BCUT2D eigenvalue weighted by Crippen LogP contribution is -2.45. The molecule has 0 aromatic heterocycles. The molecule has 0 aliphatic rings. The number of carbonyl (C=O) groups excluding carboxylic acids is 1. The maximum absolute atomic E-state index is 13.0. The van der Waals surface area contributed by atoms with Crippen molar-refractivity contribution in [3.63, 3.8) is 0 Å². The molecule has 1 amide bonds. The molecule has 0 heterocycles. The van der Waals surface area contributed by atoms with Crippen LogP contribution in [0.2, 0.25) is 0 Å². The summed E-state index contributed by atoms with van der Waals surface area (Å²) in [6, 6.07) is -0.898. The summed E-state index contributed by atoms with van der Waals surface area (Å²) in [5.74, 6) is -0.231. The number of unbranched alkanes of at least 4 members (excludes halogenated alkanes) is 29. The highest BCUT2D eigenvalue weighted by Crippen LogP contribution is 2.43. The Bertz CT molecular complexity index is 1730. The lowest BCUT2D eigenvalue weighted by Gasteiger charge is -2.25. The molecule has 3 N–H and O–H groups in total. The van der Waals surface area contributed by atoms with E-state index in [9.17, 15) is 19.4 Å². The first-order valence-corrected chi connectivity index (χ1v) is 34.9. The van der Waals surface area contributed by atoms with Crippen molar-refractivity contribution in [1.29, 1.82) is 0 Å². The van der Waals surface area contributed by atoms with Crippen molar-refractivity contribution in [1.82, 2.24) is 5.32 Å². The van der Waals surface area contributed by atoms with Crippen LogP contribution in [0.3, 0.4) is 0 Å². The van der Waals surface area contributed by atoms with Crippen LogP contribution < -0.4 is 5.32 Å². The Morgan fingerprint density at radius 2 is 0.753 bits per heavy atom. The molecule has 0 radical (unpaired) electrons. The van der Waals surface area contributed by atoms with Crippen LogP contribution in [-0.4, -0.2) is 73.4 Å². The van der Waals surface area contributed by atoms with Crippen LogP contribution >= 0.6 is 7.82 Å². The molecule has 9 heteroatoms. The van der Waals surface area contributed by atoms with Crippen LogP contribution in [0, 0.1) is 0 Å². The van der Waals surface area contributed by atoms with Gasteiger partial charge >= 0.3 is 7.82 Å². The third kappa shape index (κ3) is 64.3. The third-order valence-corrected chi connectivity index (χ3v) is 15.4. The van der Waals surface area contributed by atoms with Crippen LogP contribution in [-0.2, 0) is 18.4 Å². The summed E-state index contributed by atoms with van der Waals surface area (Å²) < 4.78 is 23.7. The van der Waals surface area contributed by atoms with E-state index in [0.717, 1.165) is 83.5 Å². The fourth-order valence-corrected chi connectivity index (χ4v) is 9.99. The zero-order valence-corrected chi connectivity index (χ0v) is 54.1. The smallest absolute Gasteiger partial charge is 0.387 e. The Kier molecular flexibility index (Phi) is 59.1. The SMILES string of the molecule is CC/C=C\C/C=C\C/C=C\C/C=C\C/C=C\C/C=C\C/C=C\C/C=C\CCCCC(=O)NC(COP(=O)(O)OCC[N+](C)(C)C)C(O)/C=C/CC/C=C/CCCCCCCCCCCCCCCCCCCCCCCCCCCC. The van der Waals surface area contributed by atoms with Crippen molar-refractivity contribution in [2.75, 3.05) is 40.9 Å². The first kappa shape index (κ1) is 77.9. The van der Waals surface area contributed by atoms with Crippen molar-refractivity contribution in [3.8, 4) is 0 Å². The largest absolute Gasteiger partial charge is 0.472 e. The summed E-state index contributed by atoms with van der Waals surface area (Å²) in [7, 11) is 1.51. The van der Waals surface area contributed by atoms with Gasteiger partial charge in [0.15, 0.2) is 0 Å². The summed E-state index contributed by atoms with van der Waals surface area (Å²) in [5, 5.41) is 13.9. The predicted octanol–water partition coefficient (Wildman–Crippen LogP) is 21.3. The molecule has 0 rings (SSSR count). The van der Waals surface area contributed by atoms with Crippen molar-refractivity contribution in [2.45, 2.75) is 289 Å². The topological polar surface area (TPSA) is 105 Å². The summed E-state index contributed by atoms with van der Waals surface area (Å²) in [4.78, 5) is 23.4. The average molecular weight is 1150 g/mol. The zero-order chi connectivity index (χ0) is 59.1. The molecule has 81 heavy (non-hydrogen) atoms. The summed E-state index contributed by atoms with van der Waals surface area (Å²) in [5.41, 5.74) is 0. The zero-order valence-electron chi connectivity index (χ0n) is 53.2. The second kappa shape index (κ2) is 61.5. The van der Waals surface area contributed by atoms with E-state index in [2.05, 4.69) is 129 Å². The Labute approximate surface area is 501 Å². The monoisotopic (exact) mass is 1150 g/mol. The molecule has 466 valence electrons. The normalized spacial score (nSPS) is 14.5. The number of likely N-dealkylation sites (N-methyl/N-ethyl adjacent to an activating group) is 1. The highest BCUT2D eigenvalue weighted by Gasteiger charge is 2.27. The van der Waals surface area contributed by atoms with E-state index in [4.69, 9.17) is 9.05 Å². The molecule has 0 aromatic carbocycles. The lowest BCUT2D eigenvalue weighted by molar-refractivity contribution is -0.870. The van der Waals surface area contributed by atoms with Crippen LogP contribution in [0.4, 0.5) is 0 Å². The Balaban J connectivity index is 4.25. The van der Waals surface area contributed by atoms with E-state index in [1.165, 1.54) is 167 Å². The van der Waals surface area contributed by atoms with E-state index in [1.807, 2.05) is 27.2 Å². The lowest BCUT2D eigenvalue weighted by atomic mass is 10.0. The predicted molar refractivity (Wildman–Crippen MR) is 355 cm³/mol. The summed E-state index contributed by atoms with van der Waals surface area (Å²) >= 11 is 0. The fraction of sp³-hybridized carbons (Fsp3) is 0.708. The van der Waals surface area contributed by atoms with Gasteiger partial charge in [-0.15, -0.1) is 0 Å². The number of nitrogens with zero attached hydrogens (tertiary/aromatic N) is 1. The molecular formula is C72H128N2O6P+. The molecule has 0 aliphatic heterocycles. The number of aliphatic hydroxyl groups is 1. The van der Waals surface area contributed by atoms with E-state index in [0.29, 0.717) is 17.4 Å². The third-order valence-electron chi connectivity index (χ3n) is 14.4. The molecule has 0 aliphatic carbocycles. The van der Waals surface area contributed by atoms with Gasteiger partial charge in [0.1, 0.15) is 13.2 Å². The Morgan fingerprint density at radius 3 is 1.14 bits per heavy atom. The first-order valence-electron chi connectivity index (χ1n) is 33.4. The molecular weight excluding hydrogens is 1020 g/mol. The number of amides is 1. The number of quaternary nitrogens is 1. The number of nitrogens with one attached hydrogen (secondary N) is 1. The van der Waals surface area contributed by atoms with Crippen molar-refractivity contribution >= 4 is 13.7 Å². The second-order valence-electron chi connectivity index (χ2n) is 23.5. The van der Waals surface area contributed by atoms with E-state index >= 15 is 0 Å². The number of allylic oxidation sites excluding steroid dienone is 19. The second-order valence-corrected chi connectivity index (χ2v) is 24.9. The molecule has 0 saturated carbocycles. The number of phosphoric ester groups is 1. The van der Waals surface area contributed by atoms with Crippen LogP contribution in [0.5, 0.6) is 0 Å². The van der Waals surface area contributed by atoms with Crippen LogP contribution in [0.15, 0.2) is 122 Å². The minimum absolute atomic E-state index is 0.0407. The molecule has 0 saturated heterocycles. The van der Waals surface area contributed by atoms with Crippen molar-refractivity contribution in [2.24, 2.45) is 0 Å². The number of aliphatic hydroxyl groups excluding tert-OH is 1. The van der Waals surface area contributed by atoms with E-state index < -0.39 is 20.0 Å². The van der Waals surface area contributed by atoms with Gasteiger partial charge in [-0.05, 0) is 96.3 Å². The molecule has 0 bridgehead atoms. The number of hydrogen-bond donors (Lipinski definition) is 3. The molecule has 0 fully saturated rings. The highest BCUT2D eigenvalue weighted by molar-refractivity contribution is 7.47. The van der Waals surface area contributed by atoms with Gasteiger partial charge < -0.3 is 19.8 Å². The molecule has 0 aromatic rings. The van der Waals surface area contributed by atoms with Crippen molar-refractivity contribution < 1.29 is 32.9 Å². The summed E-state index contributed by atoms with van der Waals surface area (Å²) in [6.07, 6.45) is 92.1. The quantitative estimate of drug-likeness (QED) is 0.0243. The van der Waals surface area contributed by atoms with Gasteiger partial charge in [0.05, 0.1) is 39.9 Å². The number of hydrogen-bond acceptors (Lipinski definition) is 5. The number of carbonyl (C=O) groups is 1. The minimum atomic E-state index is -4.38. The van der Waals surface area contributed by atoms with Crippen LogP contribution in [0.1, 0.15) is 277 Å². The average Bonchev–Trinajstić information content (AvgIpc) is 3.43.